The van der Waals surface area contributed by atoms with E-state index in [9.17, 15) is 8.78 Å². The summed E-state index contributed by atoms with van der Waals surface area (Å²) in [5.41, 5.74) is 0.760. The van der Waals surface area contributed by atoms with Gasteiger partial charge in [0.25, 0.3) is 0 Å². The summed E-state index contributed by atoms with van der Waals surface area (Å²) in [7, 11) is 0. The number of hydrogen-bond donors (Lipinski definition) is 1. The van der Waals surface area contributed by atoms with Gasteiger partial charge in [0.05, 0.1) is 0 Å². The lowest BCUT2D eigenvalue weighted by molar-refractivity contribution is 0.506. The van der Waals surface area contributed by atoms with Crippen LogP contribution in [0.15, 0.2) is 18.2 Å². The summed E-state index contributed by atoms with van der Waals surface area (Å²) in [6.45, 7) is 3.35. The molecule has 1 aromatic rings. The summed E-state index contributed by atoms with van der Waals surface area (Å²) in [6.07, 6.45) is 0. The molecule has 1 nitrogen and oxygen atoms in total. The molecule has 0 unspecified atom stereocenters. The molecule has 3 heteroatoms. The molecule has 0 aliphatic carbocycles. The second kappa shape index (κ2) is 4.16. The summed E-state index contributed by atoms with van der Waals surface area (Å²) in [5.74, 6) is -1.58. The van der Waals surface area contributed by atoms with Crippen molar-refractivity contribution in [3.05, 3.63) is 35.4 Å². The average molecular weight is 171 g/mol. The van der Waals surface area contributed by atoms with Crippen molar-refractivity contribution in [1.82, 2.24) is 5.32 Å². The van der Waals surface area contributed by atoms with Crippen LogP contribution in [-0.4, -0.2) is 6.54 Å². The maximum Gasteiger partial charge on any atom is 0.159 e. The van der Waals surface area contributed by atoms with E-state index in [0.717, 1.165) is 18.2 Å². The van der Waals surface area contributed by atoms with E-state index in [0.29, 0.717) is 6.54 Å². The first kappa shape index (κ1) is 9.13. The minimum atomic E-state index is -0.796. The van der Waals surface area contributed by atoms with Crippen molar-refractivity contribution in [2.75, 3.05) is 6.54 Å². The Morgan fingerprint density at radius 1 is 1.25 bits per heavy atom. The average Bonchev–Trinajstić information content (AvgIpc) is 2.07. The smallest absolute Gasteiger partial charge is 0.159 e. The summed E-state index contributed by atoms with van der Waals surface area (Å²) < 4.78 is 25.0. The third kappa shape index (κ3) is 2.27. The third-order valence-electron chi connectivity index (χ3n) is 1.56. The first-order valence-electron chi connectivity index (χ1n) is 3.88. The molecule has 0 heterocycles. The van der Waals surface area contributed by atoms with Crippen LogP contribution in [0.25, 0.3) is 0 Å². The van der Waals surface area contributed by atoms with E-state index >= 15 is 0 Å². The zero-order valence-corrected chi connectivity index (χ0v) is 6.90. The first-order chi connectivity index (χ1) is 5.74. The molecule has 12 heavy (non-hydrogen) atoms. The van der Waals surface area contributed by atoms with E-state index in [1.165, 1.54) is 6.07 Å². The molecule has 0 aliphatic rings. The van der Waals surface area contributed by atoms with Crippen LogP contribution in [0.5, 0.6) is 0 Å². The van der Waals surface area contributed by atoms with Gasteiger partial charge in [-0.3, -0.25) is 0 Å². The summed E-state index contributed by atoms with van der Waals surface area (Å²) in [5, 5.41) is 3.02. The quantitative estimate of drug-likeness (QED) is 0.734. The number of halogens is 2. The third-order valence-corrected chi connectivity index (χ3v) is 1.56. The molecule has 1 N–H and O–H groups in total. The predicted molar refractivity (Wildman–Crippen MR) is 43.7 cm³/mol. The number of benzene rings is 1. The Bertz CT molecular complexity index is 261. The van der Waals surface area contributed by atoms with Crippen LogP contribution in [0.4, 0.5) is 8.78 Å². The number of nitrogens with one attached hydrogen (secondary N) is 1. The van der Waals surface area contributed by atoms with Gasteiger partial charge in [0.2, 0.25) is 0 Å². The molecule has 0 aromatic heterocycles. The van der Waals surface area contributed by atoms with Gasteiger partial charge in [0, 0.05) is 6.54 Å². The molecule has 0 spiro atoms. The van der Waals surface area contributed by atoms with E-state index in [4.69, 9.17) is 0 Å². The fourth-order valence-electron chi connectivity index (χ4n) is 0.919. The Balaban J connectivity index is 2.69. The van der Waals surface area contributed by atoms with E-state index in [2.05, 4.69) is 5.32 Å². The summed E-state index contributed by atoms with van der Waals surface area (Å²) in [4.78, 5) is 0. The van der Waals surface area contributed by atoms with Crippen LogP contribution in [0.2, 0.25) is 0 Å². The molecule has 66 valence electrons. The van der Waals surface area contributed by atoms with Crippen molar-refractivity contribution in [2.24, 2.45) is 0 Å². The van der Waals surface area contributed by atoms with Crippen molar-refractivity contribution in [3.8, 4) is 0 Å². The van der Waals surface area contributed by atoms with Crippen LogP contribution in [-0.2, 0) is 6.54 Å². The second-order valence-corrected chi connectivity index (χ2v) is 2.53. The van der Waals surface area contributed by atoms with Gasteiger partial charge in [-0.1, -0.05) is 13.0 Å². The number of rotatable bonds is 3. The van der Waals surface area contributed by atoms with E-state index < -0.39 is 11.6 Å². The SMILES string of the molecule is CCNCc1ccc(F)c(F)c1. The van der Waals surface area contributed by atoms with Gasteiger partial charge in [-0.25, -0.2) is 8.78 Å². The highest BCUT2D eigenvalue weighted by atomic mass is 19.2. The molecule has 0 bridgehead atoms. The molecule has 0 fully saturated rings. The summed E-state index contributed by atoms with van der Waals surface area (Å²) >= 11 is 0. The van der Waals surface area contributed by atoms with E-state index in [1.54, 1.807) is 6.07 Å². The zero-order chi connectivity index (χ0) is 8.97. The van der Waals surface area contributed by atoms with Gasteiger partial charge in [0.15, 0.2) is 11.6 Å². The highest BCUT2D eigenvalue weighted by Gasteiger charge is 2.00. The van der Waals surface area contributed by atoms with Crippen LogP contribution < -0.4 is 5.32 Å². The van der Waals surface area contributed by atoms with Crippen LogP contribution in [0.3, 0.4) is 0 Å². The first-order valence-corrected chi connectivity index (χ1v) is 3.88. The molecule has 0 radical (unpaired) electrons. The molecule has 1 aromatic carbocycles. The number of hydrogen-bond acceptors (Lipinski definition) is 1. The fourth-order valence-corrected chi connectivity index (χ4v) is 0.919. The lowest BCUT2D eigenvalue weighted by atomic mass is 10.2. The van der Waals surface area contributed by atoms with Crippen LogP contribution >= 0.6 is 0 Å². The lowest BCUT2D eigenvalue weighted by Gasteiger charge is -2.01. The molecule has 0 amide bonds. The normalized spacial score (nSPS) is 10.2. The Hall–Kier alpha value is -0.960. The minimum Gasteiger partial charge on any atom is -0.313 e. The molecule has 0 atom stereocenters. The van der Waals surface area contributed by atoms with Gasteiger partial charge in [-0.15, -0.1) is 0 Å². The van der Waals surface area contributed by atoms with E-state index in [-0.39, 0.29) is 0 Å². The van der Waals surface area contributed by atoms with Crippen LogP contribution in [0.1, 0.15) is 12.5 Å². The van der Waals surface area contributed by atoms with Gasteiger partial charge in [0.1, 0.15) is 0 Å². The maximum absolute atomic E-state index is 12.6. The summed E-state index contributed by atoms with van der Waals surface area (Å²) in [6, 6.07) is 3.92. The van der Waals surface area contributed by atoms with Crippen LogP contribution in [0, 0.1) is 11.6 Å². The van der Waals surface area contributed by atoms with Gasteiger partial charge in [-0.05, 0) is 24.2 Å². The molecule has 1 rings (SSSR count). The van der Waals surface area contributed by atoms with Crippen molar-refractivity contribution in [1.29, 1.82) is 0 Å². The highest BCUT2D eigenvalue weighted by molar-refractivity contribution is 5.17. The maximum atomic E-state index is 12.6. The molecule has 0 saturated carbocycles. The van der Waals surface area contributed by atoms with Crippen molar-refractivity contribution >= 4 is 0 Å². The van der Waals surface area contributed by atoms with Gasteiger partial charge in [-0.2, -0.15) is 0 Å². The minimum absolute atomic E-state index is 0.577. The topological polar surface area (TPSA) is 12.0 Å². The van der Waals surface area contributed by atoms with Gasteiger partial charge < -0.3 is 5.32 Å². The van der Waals surface area contributed by atoms with Crippen molar-refractivity contribution < 1.29 is 8.78 Å². The Morgan fingerprint density at radius 3 is 2.58 bits per heavy atom. The molecule has 0 saturated heterocycles. The zero-order valence-electron chi connectivity index (χ0n) is 6.90. The Morgan fingerprint density at radius 2 is 2.00 bits per heavy atom. The van der Waals surface area contributed by atoms with E-state index in [1.807, 2.05) is 6.92 Å². The van der Waals surface area contributed by atoms with Gasteiger partial charge >= 0.3 is 0 Å². The molecular weight excluding hydrogens is 160 g/mol. The van der Waals surface area contributed by atoms with Crippen molar-refractivity contribution in [2.45, 2.75) is 13.5 Å². The Labute approximate surface area is 70.4 Å². The highest BCUT2D eigenvalue weighted by Crippen LogP contribution is 2.07. The lowest BCUT2D eigenvalue weighted by Crippen LogP contribution is -2.11. The molecular formula is C9H11F2N. The Kier molecular flexibility index (Phi) is 3.17. The second-order valence-electron chi connectivity index (χ2n) is 2.53. The monoisotopic (exact) mass is 171 g/mol. The fraction of sp³-hybridized carbons (Fsp3) is 0.333. The van der Waals surface area contributed by atoms with Crippen molar-refractivity contribution in [3.63, 3.8) is 0 Å². The standard InChI is InChI=1S/C9H11F2N/c1-2-12-6-7-3-4-8(10)9(11)5-7/h3-5,12H,2,6H2,1H3. The predicted octanol–water partition coefficient (Wildman–Crippen LogP) is 2.07. The molecule has 0 aliphatic heterocycles. The largest absolute Gasteiger partial charge is 0.313 e.